The molecule has 4 aliphatic rings. The van der Waals surface area contributed by atoms with E-state index in [-0.39, 0.29) is 36.8 Å². The van der Waals surface area contributed by atoms with Crippen LogP contribution in [-0.2, 0) is 13.0 Å². The number of Topliss-reactive ketones (excluding diaryl/α,β-unsaturated/α-hetero) is 1. The first-order valence-electron chi connectivity index (χ1n) is 19.2. The first-order chi connectivity index (χ1) is 27.9. The summed E-state index contributed by atoms with van der Waals surface area (Å²) in [6, 6.07) is 12.9. The van der Waals surface area contributed by atoms with Crippen LogP contribution in [0.3, 0.4) is 0 Å². The number of nitrogens with two attached hydrogens (primary N) is 1. The second-order valence-electron chi connectivity index (χ2n) is 15.5. The van der Waals surface area contributed by atoms with E-state index >= 15 is 13.2 Å². The molecule has 0 spiro atoms. The summed E-state index contributed by atoms with van der Waals surface area (Å²) < 4.78 is 57.4. The lowest BCUT2D eigenvalue weighted by atomic mass is 9.84. The first-order valence-corrected chi connectivity index (χ1v) is 22.2. The molecule has 11 nitrogen and oxygen atoms in total. The van der Waals surface area contributed by atoms with E-state index < -0.39 is 54.0 Å². The van der Waals surface area contributed by atoms with Gasteiger partial charge in [0.25, 0.3) is 0 Å². The number of benzene rings is 3. The quantitative estimate of drug-likeness (QED) is 0.0642. The molecule has 0 saturated carbocycles. The molecule has 0 unspecified atom stereocenters. The third-order valence-electron chi connectivity index (χ3n) is 11.7. The number of allylic oxidation sites excluding steroid dienone is 5. The number of hydrogen-bond donors (Lipinski definition) is 3. The maximum Gasteiger partial charge on any atom is 0.339 e. The number of aromatic amines is 1. The summed E-state index contributed by atoms with van der Waals surface area (Å²) in [6.45, 7) is 8.11. The predicted molar refractivity (Wildman–Crippen MR) is 216 cm³/mol. The van der Waals surface area contributed by atoms with Crippen molar-refractivity contribution in [2.45, 2.75) is 45.4 Å². The fraction of sp³-hybridized carbons (Fsp3) is 0.256. The molecule has 2 aromatic heterocycles. The van der Waals surface area contributed by atoms with Crippen molar-refractivity contribution in [3.8, 4) is 5.88 Å². The molecule has 58 heavy (non-hydrogen) atoms. The summed E-state index contributed by atoms with van der Waals surface area (Å²) in [4.78, 5) is 44.1. The fourth-order valence-corrected chi connectivity index (χ4v) is 11.3. The van der Waals surface area contributed by atoms with E-state index in [1.165, 1.54) is 6.33 Å². The third-order valence-corrected chi connectivity index (χ3v) is 15.2. The molecular formula is C43H39F3N7O4Si+. The van der Waals surface area contributed by atoms with Crippen LogP contribution in [0.2, 0.25) is 13.1 Å². The predicted octanol–water partition coefficient (Wildman–Crippen LogP) is 6.28. The number of imidazole rings is 1. The number of carbonyl (C=O) groups is 2. The number of H-pyrrole nitrogens is 1. The molecule has 2 fully saturated rings. The largest absolute Gasteiger partial charge is 0.478 e. The number of carboxylic acids is 1. The van der Waals surface area contributed by atoms with Crippen molar-refractivity contribution < 1.29 is 37.2 Å². The average molecular weight is 803 g/mol. The lowest BCUT2D eigenvalue weighted by Gasteiger charge is -2.40. The molecule has 15 heteroatoms. The number of fused-ring (bicyclic) bond motifs is 3. The van der Waals surface area contributed by atoms with Crippen molar-refractivity contribution in [2.75, 3.05) is 36.8 Å². The lowest BCUT2D eigenvalue weighted by Crippen LogP contribution is -2.50. The molecule has 0 atom stereocenters. The number of nitrogens with zero attached hydrogens (tertiary/aromatic N) is 5. The van der Waals surface area contributed by atoms with Crippen LogP contribution in [0.25, 0.3) is 16.7 Å². The molecule has 3 aromatic carbocycles. The number of hydrogen-bond acceptors (Lipinski definition) is 8. The lowest BCUT2D eigenvalue weighted by molar-refractivity contribution is -0.582. The first kappa shape index (κ1) is 37.2. The summed E-state index contributed by atoms with van der Waals surface area (Å²) in [5.74, 6) is -7.57. The molecular weight excluding hydrogens is 764 g/mol. The van der Waals surface area contributed by atoms with Crippen molar-refractivity contribution in [1.29, 1.82) is 0 Å². The Balaban J connectivity index is 1.07. The molecule has 0 bridgehead atoms. The minimum absolute atomic E-state index is 0.0111. The zero-order valence-electron chi connectivity index (χ0n) is 31.8. The van der Waals surface area contributed by atoms with Gasteiger partial charge in [-0.15, -0.1) is 0 Å². The van der Waals surface area contributed by atoms with Crippen LogP contribution in [-0.4, -0.2) is 81.3 Å². The highest BCUT2D eigenvalue weighted by Crippen LogP contribution is 2.45. The number of aromatic nitrogens is 4. The Kier molecular flexibility index (Phi) is 9.14. The fourth-order valence-electron chi connectivity index (χ4n) is 8.24. The van der Waals surface area contributed by atoms with Crippen LogP contribution in [0.1, 0.15) is 62.2 Å². The number of carboxylic acid groups (broad SMARTS) is 1. The Morgan fingerprint density at radius 3 is 2.40 bits per heavy atom. The van der Waals surface area contributed by atoms with E-state index in [4.69, 9.17) is 10.5 Å². The van der Waals surface area contributed by atoms with Gasteiger partial charge in [-0.3, -0.25) is 4.79 Å². The molecule has 3 aliphatic heterocycles. The van der Waals surface area contributed by atoms with Gasteiger partial charge in [0.2, 0.25) is 11.8 Å². The van der Waals surface area contributed by atoms with Gasteiger partial charge in [-0.25, -0.2) is 27.5 Å². The Morgan fingerprint density at radius 2 is 1.71 bits per heavy atom. The van der Waals surface area contributed by atoms with Crippen LogP contribution in [0, 0.1) is 17.5 Å². The number of aryl methyl sites for hydroxylation is 1. The van der Waals surface area contributed by atoms with Crippen LogP contribution >= 0.6 is 0 Å². The van der Waals surface area contributed by atoms with Gasteiger partial charge in [-0.2, -0.15) is 9.97 Å². The van der Waals surface area contributed by atoms with E-state index in [0.717, 1.165) is 66.4 Å². The van der Waals surface area contributed by atoms with Crippen LogP contribution in [0.4, 0.5) is 24.8 Å². The monoisotopic (exact) mass is 802 g/mol. The van der Waals surface area contributed by atoms with E-state index in [1.807, 2.05) is 24.3 Å². The Hall–Kier alpha value is -6.35. The molecule has 294 valence electrons. The Morgan fingerprint density at radius 1 is 0.966 bits per heavy atom. The normalized spacial score (nSPS) is 16.8. The number of ketones is 1. The summed E-state index contributed by atoms with van der Waals surface area (Å²) in [7, 11) is -2.55. The maximum absolute atomic E-state index is 17.2. The molecule has 2 saturated heterocycles. The number of halogens is 3. The second kappa shape index (κ2) is 14.2. The molecule has 5 aromatic rings. The van der Waals surface area contributed by atoms with Crippen LogP contribution in [0.15, 0.2) is 77.8 Å². The SMILES string of the molecule is C[Si]1(C)C2=CC(=[N+]3CCC3)C=CC2=C(c2c(F)c(C(=O)CCc3ccc(COc4nc(N)nc5nc[nH]c45)cc3)c(F)c(F)c2C(=O)O)c2ccc(N3CCC3)cc21. The van der Waals surface area contributed by atoms with Crippen LogP contribution < -0.4 is 20.6 Å². The smallest absolute Gasteiger partial charge is 0.339 e. The zero-order chi connectivity index (χ0) is 40.5. The van der Waals surface area contributed by atoms with E-state index in [1.54, 1.807) is 24.3 Å². The van der Waals surface area contributed by atoms with Crippen molar-refractivity contribution in [3.63, 3.8) is 0 Å². The molecule has 1 aliphatic carbocycles. The third kappa shape index (κ3) is 6.20. The summed E-state index contributed by atoms with van der Waals surface area (Å²) in [6.07, 6.45) is 9.13. The topological polar surface area (TPSA) is 150 Å². The molecule has 9 rings (SSSR count). The summed E-state index contributed by atoms with van der Waals surface area (Å²) in [5, 5.41) is 12.2. The minimum Gasteiger partial charge on any atom is -0.478 e. The van der Waals surface area contributed by atoms with Crippen molar-refractivity contribution in [1.82, 2.24) is 19.9 Å². The van der Waals surface area contributed by atoms with Crippen LogP contribution in [0.5, 0.6) is 5.88 Å². The maximum atomic E-state index is 17.2. The van der Waals surface area contributed by atoms with E-state index in [2.05, 4.69) is 54.6 Å². The Labute approximate surface area is 332 Å². The van der Waals surface area contributed by atoms with Gasteiger partial charge in [-0.1, -0.05) is 43.4 Å². The average Bonchev–Trinajstić information content (AvgIpc) is 3.63. The Bertz CT molecular complexity index is 2710. The van der Waals surface area contributed by atoms with Gasteiger partial charge in [0, 0.05) is 42.9 Å². The zero-order valence-corrected chi connectivity index (χ0v) is 32.8. The molecule has 0 radical (unpaired) electrons. The molecule has 4 N–H and O–H groups in total. The molecule has 0 amide bonds. The standard InChI is InChI=1S/C43H38F3N7O4Si/c1-58(2)30-19-25(52-15-3-16-52)10-12-27(30)32(28-13-11-26(20-31(28)58)53-17-4-18-53)34-35(42(55)56)38(46)37(45)33(36(34)44)29(54)14-9-23-5-7-24(8-6-23)21-57-41-39-40(49-22-48-39)50-43(47)51-41/h5-8,10-13,19-20,22H,3-4,9,14-18,21H2,1-2H3,(H3-,47,48,49,50,51,55,56)/p+1. The van der Waals surface area contributed by atoms with Gasteiger partial charge < -0.3 is 25.5 Å². The van der Waals surface area contributed by atoms with Gasteiger partial charge >= 0.3 is 5.97 Å². The number of nitrogens with one attached hydrogen (secondary N) is 1. The van der Waals surface area contributed by atoms with Gasteiger partial charge in [0.1, 0.15) is 44.7 Å². The minimum atomic E-state index is -2.55. The highest BCUT2D eigenvalue weighted by Gasteiger charge is 2.44. The molecule has 5 heterocycles. The highest BCUT2D eigenvalue weighted by molar-refractivity contribution is 6.98. The number of anilines is 2. The highest BCUT2D eigenvalue weighted by atomic mass is 28.3. The summed E-state index contributed by atoms with van der Waals surface area (Å²) in [5.41, 5.74) is 8.45. The van der Waals surface area contributed by atoms with E-state index in [9.17, 15) is 14.7 Å². The summed E-state index contributed by atoms with van der Waals surface area (Å²) >= 11 is 0. The number of aromatic carboxylic acids is 1. The number of ether oxygens (including phenoxy) is 1. The number of carbonyl (C=O) groups excluding carboxylic acids is 1. The van der Waals surface area contributed by atoms with Gasteiger partial charge in [0.05, 0.1) is 18.3 Å². The van der Waals surface area contributed by atoms with Gasteiger partial charge in [0.15, 0.2) is 28.8 Å². The van der Waals surface area contributed by atoms with Crippen molar-refractivity contribution in [3.05, 3.63) is 129 Å². The number of nitrogen functional groups attached to an aromatic ring is 1. The van der Waals surface area contributed by atoms with Gasteiger partial charge in [-0.05, 0) is 69.3 Å². The number of rotatable bonds is 10. The van der Waals surface area contributed by atoms with E-state index in [0.29, 0.717) is 27.9 Å². The van der Waals surface area contributed by atoms with Crippen molar-refractivity contribution in [2.24, 2.45) is 0 Å². The second-order valence-corrected chi connectivity index (χ2v) is 19.9. The van der Waals surface area contributed by atoms with Crippen molar-refractivity contribution >= 4 is 59.1 Å².